The number of hydrogen-bond donors (Lipinski definition) is 0. The maximum absolute atomic E-state index is 13.9. The standard InChI is InChI=1S/C14H14F2N2O3/c1-19-8-21-7-12-10(3-4-13(18-12)20-2)14-11(16)5-9(15)6-17-14/h3-6H,7-8H2,1-2H3. The average Bonchev–Trinajstić information content (AvgIpc) is 2.48. The van der Waals surface area contributed by atoms with Crippen molar-refractivity contribution in [1.82, 2.24) is 9.97 Å². The van der Waals surface area contributed by atoms with E-state index in [2.05, 4.69) is 9.97 Å². The van der Waals surface area contributed by atoms with Gasteiger partial charge in [0.1, 0.15) is 18.3 Å². The van der Waals surface area contributed by atoms with E-state index in [1.165, 1.54) is 14.2 Å². The highest BCUT2D eigenvalue weighted by Gasteiger charge is 2.15. The molecular weight excluding hydrogens is 282 g/mol. The lowest BCUT2D eigenvalue weighted by atomic mass is 10.1. The molecule has 0 aliphatic carbocycles. The molecule has 0 fully saturated rings. The van der Waals surface area contributed by atoms with Crippen LogP contribution < -0.4 is 4.74 Å². The Kier molecular flexibility index (Phi) is 5.13. The summed E-state index contributed by atoms with van der Waals surface area (Å²) in [6.45, 7) is 0.149. The van der Waals surface area contributed by atoms with Gasteiger partial charge in [-0.2, -0.15) is 0 Å². The molecule has 0 spiro atoms. The third-order valence-electron chi connectivity index (χ3n) is 2.66. The summed E-state index contributed by atoms with van der Waals surface area (Å²) in [5.74, 6) is -1.15. The second kappa shape index (κ2) is 7.05. The van der Waals surface area contributed by atoms with Crippen LogP contribution in [-0.2, 0) is 16.1 Å². The lowest BCUT2D eigenvalue weighted by molar-refractivity contribution is -0.0400. The first-order valence-electron chi connectivity index (χ1n) is 6.07. The first-order valence-corrected chi connectivity index (χ1v) is 6.07. The van der Waals surface area contributed by atoms with E-state index in [4.69, 9.17) is 14.2 Å². The highest BCUT2D eigenvalue weighted by molar-refractivity contribution is 5.62. The molecule has 0 atom stereocenters. The van der Waals surface area contributed by atoms with Crippen molar-refractivity contribution in [3.05, 3.63) is 41.7 Å². The van der Waals surface area contributed by atoms with Gasteiger partial charge in [0.15, 0.2) is 5.82 Å². The van der Waals surface area contributed by atoms with Crippen LogP contribution in [0.4, 0.5) is 8.78 Å². The van der Waals surface area contributed by atoms with Crippen molar-refractivity contribution in [2.24, 2.45) is 0 Å². The molecule has 0 aliphatic rings. The van der Waals surface area contributed by atoms with Gasteiger partial charge in [0, 0.05) is 24.8 Å². The third-order valence-corrected chi connectivity index (χ3v) is 2.66. The molecule has 0 unspecified atom stereocenters. The van der Waals surface area contributed by atoms with Crippen molar-refractivity contribution < 1.29 is 23.0 Å². The van der Waals surface area contributed by atoms with Gasteiger partial charge in [-0.3, -0.25) is 4.98 Å². The molecule has 0 saturated carbocycles. The normalized spacial score (nSPS) is 10.7. The van der Waals surface area contributed by atoms with Crippen molar-refractivity contribution >= 4 is 0 Å². The molecule has 2 rings (SSSR count). The second-order valence-corrected chi connectivity index (χ2v) is 4.09. The summed E-state index contributed by atoms with van der Waals surface area (Å²) in [5.41, 5.74) is 0.830. The van der Waals surface area contributed by atoms with Gasteiger partial charge in [-0.1, -0.05) is 0 Å². The predicted octanol–water partition coefficient (Wildman–Crippen LogP) is 2.55. The number of aromatic nitrogens is 2. The Morgan fingerprint density at radius 3 is 2.67 bits per heavy atom. The molecule has 2 heterocycles. The van der Waals surface area contributed by atoms with E-state index in [9.17, 15) is 8.78 Å². The Morgan fingerprint density at radius 2 is 2.00 bits per heavy atom. The van der Waals surface area contributed by atoms with Gasteiger partial charge in [0.25, 0.3) is 0 Å². The summed E-state index contributed by atoms with van der Waals surface area (Å²) >= 11 is 0. The van der Waals surface area contributed by atoms with Gasteiger partial charge in [-0.05, 0) is 6.07 Å². The van der Waals surface area contributed by atoms with Gasteiger partial charge < -0.3 is 14.2 Å². The van der Waals surface area contributed by atoms with Crippen LogP contribution >= 0.6 is 0 Å². The van der Waals surface area contributed by atoms with Crippen molar-refractivity contribution in [3.63, 3.8) is 0 Å². The monoisotopic (exact) mass is 296 g/mol. The molecule has 112 valence electrons. The summed E-state index contributed by atoms with van der Waals surface area (Å²) in [4.78, 5) is 7.97. The molecule has 0 N–H and O–H groups in total. The smallest absolute Gasteiger partial charge is 0.213 e. The molecular formula is C14H14F2N2O3. The van der Waals surface area contributed by atoms with Gasteiger partial charge in [0.2, 0.25) is 5.88 Å². The molecule has 0 radical (unpaired) electrons. The molecule has 2 aromatic rings. The number of rotatable bonds is 6. The van der Waals surface area contributed by atoms with Crippen LogP contribution in [0.15, 0.2) is 24.4 Å². The van der Waals surface area contributed by atoms with Gasteiger partial charge in [-0.25, -0.2) is 13.8 Å². The van der Waals surface area contributed by atoms with Crippen molar-refractivity contribution in [1.29, 1.82) is 0 Å². The minimum atomic E-state index is -0.769. The van der Waals surface area contributed by atoms with Crippen LogP contribution in [0, 0.1) is 11.6 Å². The highest BCUT2D eigenvalue weighted by Crippen LogP contribution is 2.26. The quantitative estimate of drug-likeness (QED) is 0.605. The summed E-state index contributed by atoms with van der Waals surface area (Å²) in [6.07, 6.45) is 0.947. The van der Waals surface area contributed by atoms with E-state index >= 15 is 0 Å². The van der Waals surface area contributed by atoms with Gasteiger partial charge >= 0.3 is 0 Å². The summed E-state index contributed by atoms with van der Waals surface area (Å²) < 4.78 is 41.9. The van der Waals surface area contributed by atoms with Crippen LogP contribution in [-0.4, -0.2) is 31.0 Å². The summed E-state index contributed by atoms with van der Waals surface area (Å²) in [5, 5.41) is 0. The van der Waals surface area contributed by atoms with Crippen molar-refractivity contribution in [3.8, 4) is 17.1 Å². The lowest BCUT2D eigenvalue weighted by Crippen LogP contribution is -2.04. The number of ether oxygens (including phenoxy) is 3. The topological polar surface area (TPSA) is 53.5 Å². The van der Waals surface area contributed by atoms with Crippen LogP contribution in [0.3, 0.4) is 0 Å². The molecule has 0 aliphatic heterocycles. The van der Waals surface area contributed by atoms with Crippen LogP contribution in [0.2, 0.25) is 0 Å². The molecule has 21 heavy (non-hydrogen) atoms. The average molecular weight is 296 g/mol. The molecule has 0 aromatic carbocycles. The lowest BCUT2D eigenvalue weighted by Gasteiger charge is -2.11. The van der Waals surface area contributed by atoms with Gasteiger partial charge in [0.05, 0.1) is 25.6 Å². The number of nitrogens with zero attached hydrogens (tertiary/aromatic N) is 2. The van der Waals surface area contributed by atoms with Crippen molar-refractivity contribution in [2.45, 2.75) is 6.61 Å². The van der Waals surface area contributed by atoms with E-state index in [0.29, 0.717) is 17.1 Å². The SMILES string of the molecule is COCOCc1nc(OC)ccc1-c1ncc(F)cc1F. The Labute approximate surface area is 120 Å². The highest BCUT2D eigenvalue weighted by atomic mass is 19.1. The number of hydrogen-bond acceptors (Lipinski definition) is 5. The first-order chi connectivity index (χ1) is 10.2. The van der Waals surface area contributed by atoms with E-state index < -0.39 is 11.6 Å². The Hall–Kier alpha value is -2.12. The minimum absolute atomic E-state index is 0.00238. The van der Waals surface area contributed by atoms with Crippen LogP contribution in [0.25, 0.3) is 11.3 Å². The van der Waals surface area contributed by atoms with Gasteiger partial charge in [-0.15, -0.1) is 0 Å². The Balaban J connectivity index is 2.40. The maximum Gasteiger partial charge on any atom is 0.213 e. The minimum Gasteiger partial charge on any atom is -0.481 e. The van der Waals surface area contributed by atoms with Crippen molar-refractivity contribution in [2.75, 3.05) is 21.0 Å². The summed E-state index contributed by atoms with van der Waals surface area (Å²) in [6, 6.07) is 3.94. The van der Waals surface area contributed by atoms with E-state index in [0.717, 1.165) is 12.3 Å². The fourth-order valence-electron chi connectivity index (χ4n) is 1.76. The van der Waals surface area contributed by atoms with Crippen LogP contribution in [0.5, 0.6) is 5.88 Å². The van der Waals surface area contributed by atoms with E-state index in [1.807, 2.05) is 0 Å². The predicted molar refractivity (Wildman–Crippen MR) is 70.6 cm³/mol. The Morgan fingerprint density at radius 1 is 1.19 bits per heavy atom. The second-order valence-electron chi connectivity index (χ2n) is 4.09. The summed E-state index contributed by atoms with van der Waals surface area (Å²) in [7, 11) is 2.96. The zero-order valence-corrected chi connectivity index (χ0v) is 11.6. The molecule has 7 heteroatoms. The van der Waals surface area contributed by atoms with E-state index in [-0.39, 0.29) is 19.1 Å². The molecule has 0 bridgehead atoms. The fraction of sp³-hybridized carbons (Fsp3) is 0.286. The number of halogens is 2. The molecule has 0 amide bonds. The molecule has 0 saturated heterocycles. The fourth-order valence-corrected chi connectivity index (χ4v) is 1.76. The van der Waals surface area contributed by atoms with Crippen LogP contribution in [0.1, 0.15) is 5.69 Å². The first kappa shape index (κ1) is 15.3. The number of methoxy groups -OCH3 is 2. The zero-order chi connectivity index (χ0) is 15.2. The third kappa shape index (κ3) is 3.71. The number of pyridine rings is 2. The Bertz CT molecular complexity index is 623. The molecule has 5 nitrogen and oxygen atoms in total. The van der Waals surface area contributed by atoms with E-state index in [1.54, 1.807) is 12.1 Å². The largest absolute Gasteiger partial charge is 0.481 e. The molecule has 2 aromatic heterocycles. The zero-order valence-electron chi connectivity index (χ0n) is 11.6. The maximum atomic E-state index is 13.9.